The molecule has 0 aliphatic carbocycles. The van der Waals surface area contributed by atoms with E-state index in [0.29, 0.717) is 6.54 Å². The van der Waals surface area contributed by atoms with Crippen LogP contribution < -0.4 is 0 Å². The molecule has 0 N–H and O–H groups in total. The number of benzene rings is 1. The van der Waals surface area contributed by atoms with E-state index in [0.717, 1.165) is 5.56 Å². The van der Waals surface area contributed by atoms with Crippen LogP contribution in [0, 0.1) is 11.3 Å². The Kier molecular flexibility index (Phi) is 4.87. The van der Waals surface area contributed by atoms with E-state index >= 15 is 0 Å². The van der Waals surface area contributed by atoms with Gasteiger partial charge < -0.3 is 4.90 Å². The van der Waals surface area contributed by atoms with Crippen LogP contribution in [0.2, 0.25) is 0 Å². The average molecular weight is 234 g/mol. The number of nitriles is 1. The highest BCUT2D eigenvalue weighted by atomic mass is 32.2. The first-order chi connectivity index (χ1) is 7.67. The molecule has 1 aromatic rings. The second kappa shape index (κ2) is 6.19. The van der Waals surface area contributed by atoms with Gasteiger partial charge in [0.05, 0.1) is 6.07 Å². The molecule has 3 nitrogen and oxygen atoms in total. The molecule has 1 aromatic carbocycles. The molecule has 16 heavy (non-hydrogen) atoms. The minimum atomic E-state index is -0.142. The summed E-state index contributed by atoms with van der Waals surface area (Å²) in [6, 6.07) is 9.92. The third kappa shape index (κ3) is 3.59. The molecule has 1 rings (SSSR count). The highest BCUT2D eigenvalue weighted by molar-refractivity contribution is 7.98. The van der Waals surface area contributed by atoms with Crippen molar-refractivity contribution >= 4 is 17.7 Å². The van der Waals surface area contributed by atoms with Gasteiger partial charge in [-0.3, -0.25) is 4.79 Å². The maximum Gasteiger partial charge on any atom is 0.236 e. The minimum Gasteiger partial charge on any atom is -0.341 e. The van der Waals surface area contributed by atoms with Crippen molar-refractivity contribution < 1.29 is 4.79 Å². The van der Waals surface area contributed by atoms with Crippen molar-refractivity contribution in [1.82, 2.24) is 4.90 Å². The van der Waals surface area contributed by atoms with Crippen LogP contribution in [0.15, 0.2) is 29.2 Å². The molecule has 0 saturated carbocycles. The second-order valence-electron chi connectivity index (χ2n) is 3.43. The van der Waals surface area contributed by atoms with Crippen LogP contribution in [0.3, 0.4) is 0 Å². The Labute approximate surface area is 100 Å². The molecule has 0 fully saturated rings. The molecule has 0 bridgehead atoms. The third-order valence-corrected chi connectivity index (χ3v) is 2.98. The summed E-state index contributed by atoms with van der Waals surface area (Å²) in [5.41, 5.74) is 1.08. The summed E-state index contributed by atoms with van der Waals surface area (Å²) < 4.78 is 0. The average Bonchev–Trinajstić information content (AvgIpc) is 2.30. The van der Waals surface area contributed by atoms with Gasteiger partial charge >= 0.3 is 0 Å². The van der Waals surface area contributed by atoms with E-state index < -0.39 is 0 Å². The highest BCUT2D eigenvalue weighted by Crippen LogP contribution is 2.15. The van der Waals surface area contributed by atoms with E-state index in [2.05, 4.69) is 0 Å². The monoisotopic (exact) mass is 234 g/mol. The summed E-state index contributed by atoms with van der Waals surface area (Å²) in [5.74, 6) is -0.142. The van der Waals surface area contributed by atoms with Crippen molar-refractivity contribution in [1.29, 1.82) is 5.26 Å². The van der Waals surface area contributed by atoms with Crippen molar-refractivity contribution in [2.75, 3.05) is 13.3 Å². The molecule has 0 aliphatic heterocycles. The summed E-state index contributed by atoms with van der Waals surface area (Å²) >= 11 is 1.69. The maximum atomic E-state index is 11.4. The normalized spacial score (nSPS) is 9.56. The summed E-state index contributed by atoms with van der Waals surface area (Å²) in [7, 11) is 1.71. The Hall–Kier alpha value is -1.47. The van der Waals surface area contributed by atoms with Gasteiger partial charge in [0.2, 0.25) is 5.91 Å². The quantitative estimate of drug-likeness (QED) is 0.751. The SMILES string of the molecule is CSc1ccc(CN(C)C(=O)CC#N)cc1. The van der Waals surface area contributed by atoms with E-state index in [1.54, 1.807) is 23.7 Å². The smallest absolute Gasteiger partial charge is 0.236 e. The van der Waals surface area contributed by atoms with E-state index in [1.807, 2.05) is 36.6 Å². The van der Waals surface area contributed by atoms with E-state index in [4.69, 9.17) is 5.26 Å². The molecular weight excluding hydrogens is 220 g/mol. The molecular formula is C12H14N2OS. The molecule has 0 aromatic heterocycles. The van der Waals surface area contributed by atoms with Crippen LogP contribution in [-0.4, -0.2) is 24.1 Å². The van der Waals surface area contributed by atoms with Crippen LogP contribution in [0.25, 0.3) is 0 Å². The lowest BCUT2D eigenvalue weighted by Crippen LogP contribution is -2.25. The van der Waals surface area contributed by atoms with E-state index in [9.17, 15) is 4.79 Å². The minimum absolute atomic E-state index is 0.0562. The van der Waals surface area contributed by atoms with E-state index in [1.165, 1.54) is 4.90 Å². The molecule has 0 saturated heterocycles. The first-order valence-electron chi connectivity index (χ1n) is 4.91. The number of amides is 1. The fourth-order valence-electron chi connectivity index (χ4n) is 1.30. The van der Waals surface area contributed by atoms with Gasteiger partial charge in [0, 0.05) is 18.5 Å². The van der Waals surface area contributed by atoms with Crippen LogP contribution in [0.1, 0.15) is 12.0 Å². The van der Waals surface area contributed by atoms with Gasteiger partial charge in [-0.15, -0.1) is 11.8 Å². The Balaban J connectivity index is 2.59. The molecule has 0 spiro atoms. The topological polar surface area (TPSA) is 44.1 Å². The molecule has 0 aliphatic rings. The van der Waals surface area contributed by atoms with Crippen LogP contribution in [0.5, 0.6) is 0 Å². The predicted octanol–water partition coefficient (Wildman–Crippen LogP) is 2.28. The van der Waals surface area contributed by atoms with Gasteiger partial charge in [0.1, 0.15) is 6.42 Å². The van der Waals surface area contributed by atoms with Gasteiger partial charge in [0.25, 0.3) is 0 Å². The number of hydrogen-bond donors (Lipinski definition) is 0. The number of nitrogens with zero attached hydrogens (tertiary/aromatic N) is 2. The molecule has 0 unspecified atom stereocenters. The van der Waals surface area contributed by atoms with Crippen molar-refractivity contribution in [3.8, 4) is 6.07 Å². The molecule has 0 atom stereocenters. The van der Waals surface area contributed by atoms with Crippen LogP contribution >= 0.6 is 11.8 Å². The maximum absolute atomic E-state index is 11.4. The fourth-order valence-corrected chi connectivity index (χ4v) is 1.70. The molecule has 4 heteroatoms. The van der Waals surface area contributed by atoms with Crippen molar-refractivity contribution in [2.24, 2.45) is 0 Å². The van der Waals surface area contributed by atoms with Gasteiger partial charge in [-0.05, 0) is 24.0 Å². The van der Waals surface area contributed by atoms with Crippen molar-refractivity contribution in [3.63, 3.8) is 0 Å². The Morgan fingerprint density at radius 3 is 2.56 bits per heavy atom. The standard InChI is InChI=1S/C12H14N2OS/c1-14(12(15)7-8-13)9-10-3-5-11(16-2)6-4-10/h3-6H,7,9H2,1-2H3. The number of thioether (sulfide) groups is 1. The zero-order chi connectivity index (χ0) is 12.0. The van der Waals surface area contributed by atoms with Gasteiger partial charge in [-0.25, -0.2) is 0 Å². The Morgan fingerprint density at radius 2 is 2.06 bits per heavy atom. The highest BCUT2D eigenvalue weighted by Gasteiger charge is 2.07. The lowest BCUT2D eigenvalue weighted by molar-refractivity contribution is -0.129. The number of rotatable bonds is 4. The zero-order valence-electron chi connectivity index (χ0n) is 9.43. The Morgan fingerprint density at radius 1 is 1.44 bits per heavy atom. The Bertz CT molecular complexity index is 394. The van der Waals surface area contributed by atoms with E-state index in [-0.39, 0.29) is 12.3 Å². The molecule has 84 valence electrons. The number of carbonyl (C=O) groups is 1. The largest absolute Gasteiger partial charge is 0.341 e. The van der Waals surface area contributed by atoms with Crippen molar-refractivity contribution in [2.45, 2.75) is 17.9 Å². The third-order valence-electron chi connectivity index (χ3n) is 2.23. The van der Waals surface area contributed by atoms with Gasteiger partial charge in [-0.1, -0.05) is 12.1 Å². The summed E-state index contributed by atoms with van der Waals surface area (Å²) in [5, 5.41) is 8.42. The zero-order valence-corrected chi connectivity index (χ0v) is 10.3. The van der Waals surface area contributed by atoms with Crippen molar-refractivity contribution in [3.05, 3.63) is 29.8 Å². The molecule has 0 radical (unpaired) electrons. The van der Waals surface area contributed by atoms with Gasteiger partial charge in [-0.2, -0.15) is 5.26 Å². The molecule has 1 amide bonds. The number of carbonyl (C=O) groups excluding carboxylic acids is 1. The summed E-state index contributed by atoms with van der Waals surface area (Å²) in [6.45, 7) is 0.551. The lowest BCUT2D eigenvalue weighted by Gasteiger charge is -2.15. The van der Waals surface area contributed by atoms with Crippen LogP contribution in [0.4, 0.5) is 0 Å². The fraction of sp³-hybridized carbons (Fsp3) is 0.333. The predicted molar refractivity (Wildman–Crippen MR) is 64.9 cm³/mol. The summed E-state index contributed by atoms with van der Waals surface area (Å²) in [6.07, 6.45) is 1.97. The second-order valence-corrected chi connectivity index (χ2v) is 4.31. The lowest BCUT2D eigenvalue weighted by atomic mass is 10.2. The first kappa shape index (κ1) is 12.6. The first-order valence-corrected chi connectivity index (χ1v) is 6.13. The summed E-state index contributed by atoms with van der Waals surface area (Å²) in [4.78, 5) is 14.1. The molecule has 0 heterocycles. The van der Waals surface area contributed by atoms with Gasteiger partial charge in [0.15, 0.2) is 0 Å². The number of hydrogen-bond acceptors (Lipinski definition) is 3. The van der Waals surface area contributed by atoms with Crippen LogP contribution in [-0.2, 0) is 11.3 Å².